The van der Waals surface area contributed by atoms with Gasteiger partial charge in [-0.05, 0) is 46.0 Å². The van der Waals surface area contributed by atoms with E-state index in [1.807, 2.05) is 20.8 Å². The van der Waals surface area contributed by atoms with Crippen molar-refractivity contribution in [2.45, 2.75) is 51.7 Å². The molecule has 2 N–H and O–H groups in total. The molecule has 2 fully saturated rings. The van der Waals surface area contributed by atoms with Gasteiger partial charge in [0.25, 0.3) is 0 Å². The monoisotopic (exact) mass is 197 g/mol. The summed E-state index contributed by atoms with van der Waals surface area (Å²) in [4.78, 5) is 11.9. The molecule has 0 saturated heterocycles. The predicted octanol–water partition coefficient (Wildman–Crippen LogP) is 1.46. The molecule has 0 radical (unpaired) electrons. The van der Waals surface area contributed by atoms with E-state index in [4.69, 9.17) is 10.5 Å². The summed E-state index contributed by atoms with van der Waals surface area (Å²) < 4.78 is 5.42. The third kappa shape index (κ3) is 1.44. The Bertz CT molecular complexity index is 269. The Morgan fingerprint density at radius 2 is 2.14 bits per heavy atom. The zero-order valence-electron chi connectivity index (χ0n) is 9.17. The Morgan fingerprint density at radius 1 is 1.50 bits per heavy atom. The lowest BCUT2D eigenvalue weighted by molar-refractivity contribution is -0.162. The van der Waals surface area contributed by atoms with Gasteiger partial charge < -0.3 is 10.5 Å². The largest absolute Gasteiger partial charge is 0.460 e. The lowest BCUT2D eigenvalue weighted by Gasteiger charge is -2.22. The van der Waals surface area contributed by atoms with Gasteiger partial charge in [-0.3, -0.25) is 4.79 Å². The van der Waals surface area contributed by atoms with Gasteiger partial charge >= 0.3 is 5.97 Å². The minimum atomic E-state index is -0.369. The molecule has 0 unspecified atom stereocenters. The highest BCUT2D eigenvalue weighted by molar-refractivity contribution is 5.81. The number of nitrogens with two attached hydrogens (primary N) is 1. The van der Waals surface area contributed by atoms with Gasteiger partial charge in [0.05, 0.1) is 5.41 Å². The Labute approximate surface area is 85.0 Å². The van der Waals surface area contributed by atoms with E-state index >= 15 is 0 Å². The molecule has 0 aromatic heterocycles. The molecule has 2 aliphatic rings. The van der Waals surface area contributed by atoms with Crippen LogP contribution in [0, 0.1) is 11.3 Å². The number of rotatable bonds is 1. The van der Waals surface area contributed by atoms with Crippen molar-refractivity contribution in [1.29, 1.82) is 0 Å². The second-order valence-electron chi connectivity index (χ2n) is 5.67. The zero-order chi connectivity index (χ0) is 10.6. The second kappa shape index (κ2) is 2.72. The fraction of sp³-hybridized carbons (Fsp3) is 0.909. The minimum absolute atomic E-state index is 0.0250. The third-order valence-electron chi connectivity index (χ3n) is 3.38. The second-order valence-corrected chi connectivity index (χ2v) is 5.67. The lowest BCUT2D eigenvalue weighted by atomic mass is 10.0. The summed E-state index contributed by atoms with van der Waals surface area (Å²) in [6.45, 7) is 5.73. The highest BCUT2D eigenvalue weighted by Crippen LogP contribution is 2.63. The SMILES string of the molecule is CC(C)(C)OC(=O)[C@@]12CC[C@@H](N)[C@@H]1C2. The van der Waals surface area contributed by atoms with Gasteiger partial charge in [-0.1, -0.05) is 0 Å². The van der Waals surface area contributed by atoms with Crippen LogP contribution in [0.3, 0.4) is 0 Å². The first-order valence-electron chi connectivity index (χ1n) is 5.34. The minimum Gasteiger partial charge on any atom is -0.460 e. The Morgan fingerprint density at radius 3 is 2.50 bits per heavy atom. The molecule has 3 heteroatoms. The highest BCUT2D eigenvalue weighted by Gasteiger charge is 2.66. The molecule has 80 valence electrons. The lowest BCUT2D eigenvalue weighted by Crippen LogP contribution is -2.30. The summed E-state index contributed by atoms with van der Waals surface area (Å²) in [5.74, 6) is 0.375. The van der Waals surface area contributed by atoms with E-state index in [0.717, 1.165) is 19.3 Å². The molecule has 0 aromatic rings. The predicted molar refractivity (Wildman–Crippen MR) is 53.6 cm³/mol. The van der Waals surface area contributed by atoms with Crippen molar-refractivity contribution in [2.75, 3.05) is 0 Å². The molecule has 3 nitrogen and oxygen atoms in total. The smallest absolute Gasteiger partial charge is 0.312 e. The van der Waals surface area contributed by atoms with Crippen LogP contribution >= 0.6 is 0 Å². The molecule has 0 bridgehead atoms. The molecule has 0 aliphatic heterocycles. The Hall–Kier alpha value is -0.570. The standard InChI is InChI=1S/C11H19NO2/c1-10(2,3)14-9(13)11-5-4-8(12)7(11)6-11/h7-8H,4-6,12H2,1-3H3/t7-,8+,11+/m0/s1. The van der Waals surface area contributed by atoms with E-state index < -0.39 is 0 Å². The molecular formula is C11H19NO2. The number of ether oxygens (including phenoxy) is 1. The van der Waals surface area contributed by atoms with Crippen LogP contribution in [0.15, 0.2) is 0 Å². The maximum Gasteiger partial charge on any atom is 0.312 e. The number of carbonyl (C=O) groups excluding carboxylic acids is 1. The number of fused-ring (bicyclic) bond motifs is 1. The van der Waals surface area contributed by atoms with Crippen molar-refractivity contribution in [2.24, 2.45) is 17.1 Å². The topological polar surface area (TPSA) is 52.3 Å². The molecule has 0 heterocycles. The molecule has 0 amide bonds. The van der Waals surface area contributed by atoms with Crippen LogP contribution in [-0.4, -0.2) is 17.6 Å². The van der Waals surface area contributed by atoms with Crippen LogP contribution < -0.4 is 5.73 Å². The van der Waals surface area contributed by atoms with Crippen LogP contribution in [0.5, 0.6) is 0 Å². The van der Waals surface area contributed by atoms with Crippen LogP contribution in [-0.2, 0) is 9.53 Å². The van der Waals surface area contributed by atoms with Crippen molar-refractivity contribution in [3.63, 3.8) is 0 Å². The molecule has 0 aromatic carbocycles. The van der Waals surface area contributed by atoms with Gasteiger partial charge in [0.1, 0.15) is 5.60 Å². The summed E-state index contributed by atoms with van der Waals surface area (Å²) in [5, 5.41) is 0. The number of hydrogen-bond acceptors (Lipinski definition) is 3. The summed E-state index contributed by atoms with van der Waals surface area (Å²) in [7, 11) is 0. The first-order chi connectivity index (χ1) is 6.35. The van der Waals surface area contributed by atoms with E-state index in [1.54, 1.807) is 0 Å². The van der Waals surface area contributed by atoms with E-state index in [1.165, 1.54) is 0 Å². The van der Waals surface area contributed by atoms with Crippen molar-refractivity contribution in [1.82, 2.24) is 0 Å². The average molecular weight is 197 g/mol. The van der Waals surface area contributed by atoms with Crippen molar-refractivity contribution < 1.29 is 9.53 Å². The number of esters is 1. The molecule has 2 rings (SSSR count). The van der Waals surface area contributed by atoms with Gasteiger partial charge in [-0.2, -0.15) is 0 Å². The van der Waals surface area contributed by atoms with Crippen molar-refractivity contribution in [3.05, 3.63) is 0 Å². The van der Waals surface area contributed by atoms with Crippen LogP contribution in [0.1, 0.15) is 40.0 Å². The quantitative estimate of drug-likeness (QED) is 0.647. The van der Waals surface area contributed by atoms with E-state index in [0.29, 0.717) is 5.92 Å². The van der Waals surface area contributed by atoms with Crippen LogP contribution in [0.4, 0.5) is 0 Å². The van der Waals surface area contributed by atoms with Gasteiger partial charge in [-0.25, -0.2) is 0 Å². The van der Waals surface area contributed by atoms with Gasteiger partial charge in [0.15, 0.2) is 0 Å². The fourth-order valence-electron chi connectivity index (χ4n) is 2.52. The van der Waals surface area contributed by atoms with E-state index in [-0.39, 0.29) is 23.0 Å². The highest BCUT2D eigenvalue weighted by atomic mass is 16.6. The Kier molecular flexibility index (Phi) is 1.94. The van der Waals surface area contributed by atoms with Crippen molar-refractivity contribution in [3.8, 4) is 0 Å². The van der Waals surface area contributed by atoms with Crippen LogP contribution in [0.25, 0.3) is 0 Å². The molecule has 2 aliphatic carbocycles. The van der Waals surface area contributed by atoms with Crippen molar-refractivity contribution >= 4 is 5.97 Å². The maximum atomic E-state index is 11.9. The maximum absolute atomic E-state index is 11.9. The Balaban J connectivity index is 2.01. The third-order valence-corrected chi connectivity index (χ3v) is 3.38. The number of carbonyl (C=O) groups is 1. The van der Waals surface area contributed by atoms with Gasteiger partial charge in [0.2, 0.25) is 0 Å². The van der Waals surface area contributed by atoms with Gasteiger partial charge in [0, 0.05) is 6.04 Å². The first kappa shape index (κ1) is 9.97. The molecular weight excluding hydrogens is 178 g/mol. The summed E-state index contributed by atoms with van der Waals surface area (Å²) in [6, 6.07) is 0.225. The zero-order valence-corrected chi connectivity index (χ0v) is 9.17. The molecule has 14 heavy (non-hydrogen) atoms. The van der Waals surface area contributed by atoms with Gasteiger partial charge in [-0.15, -0.1) is 0 Å². The summed E-state index contributed by atoms with van der Waals surface area (Å²) >= 11 is 0. The molecule has 3 atom stereocenters. The summed E-state index contributed by atoms with van der Waals surface area (Å²) in [6.07, 6.45) is 2.85. The average Bonchev–Trinajstić information content (AvgIpc) is 2.66. The van der Waals surface area contributed by atoms with Crippen LogP contribution in [0.2, 0.25) is 0 Å². The molecule has 0 spiro atoms. The fourth-order valence-corrected chi connectivity index (χ4v) is 2.52. The first-order valence-corrected chi connectivity index (χ1v) is 5.34. The molecule has 2 saturated carbocycles. The normalized spacial score (nSPS) is 40.6. The summed E-state index contributed by atoms with van der Waals surface area (Å²) in [5.41, 5.74) is 5.34. The van der Waals surface area contributed by atoms with E-state index in [2.05, 4.69) is 0 Å². The van der Waals surface area contributed by atoms with E-state index in [9.17, 15) is 4.79 Å². The number of hydrogen-bond donors (Lipinski definition) is 1.